The van der Waals surface area contributed by atoms with Crippen molar-refractivity contribution in [2.24, 2.45) is 0 Å². The van der Waals surface area contributed by atoms with Gasteiger partial charge in [0.15, 0.2) is 0 Å². The second-order valence-corrected chi connectivity index (χ2v) is 4.75. The average molecular weight is 279 g/mol. The minimum atomic E-state index is -1.14. The molecule has 100 valence electrons. The zero-order chi connectivity index (χ0) is 14.0. The van der Waals surface area contributed by atoms with Gasteiger partial charge in [-0.1, -0.05) is 5.16 Å². The molecular formula is C13H13NO4S. The van der Waals surface area contributed by atoms with Gasteiger partial charge in [-0.3, -0.25) is 0 Å². The van der Waals surface area contributed by atoms with Crippen LogP contribution < -0.4 is 4.74 Å². The van der Waals surface area contributed by atoms with Crippen LogP contribution in [0.3, 0.4) is 0 Å². The van der Waals surface area contributed by atoms with Gasteiger partial charge in [0.2, 0.25) is 5.76 Å². The Kier molecular flexibility index (Phi) is 3.80. The zero-order valence-corrected chi connectivity index (χ0v) is 11.6. The highest BCUT2D eigenvalue weighted by molar-refractivity contribution is 7.98. The predicted molar refractivity (Wildman–Crippen MR) is 72.0 cm³/mol. The normalized spacial score (nSPS) is 10.5. The number of hydrogen-bond donors (Lipinski definition) is 1. The van der Waals surface area contributed by atoms with Crippen LogP contribution in [0.4, 0.5) is 0 Å². The Labute approximate surface area is 114 Å². The summed E-state index contributed by atoms with van der Waals surface area (Å²) >= 11 is 1.61. The summed E-state index contributed by atoms with van der Waals surface area (Å²) in [6.07, 6.45) is 1.98. The smallest absolute Gasteiger partial charge is 0.374 e. The summed E-state index contributed by atoms with van der Waals surface area (Å²) in [5, 5.41) is 12.6. The quantitative estimate of drug-likeness (QED) is 0.867. The van der Waals surface area contributed by atoms with Crippen molar-refractivity contribution in [3.63, 3.8) is 0 Å². The van der Waals surface area contributed by atoms with E-state index in [1.165, 1.54) is 6.07 Å². The minimum absolute atomic E-state index is 0.191. The van der Waals surface area contributed by atoms with Gasteiger partial charge in [-0.2, -0.15) is 0 Å². The largest absolute Gasteiger partial charge is 0.496 e. The second kappa shape index (κ2) is 5.36. The third-order valence-corrected chi connectivity index (χ3v) is 3.59. The van der Waals surface area contributed by atoms with E-state index in [9.17, 15) is 4.79 Å². The summed E-state index contributed by atoms with van der Waals surface area (Å²) in [4.78, 5) is 11.9. The molecular weight excluding hydrogens is 266 g/mol. The molecule has 1 heterocycles. The SMILES string of the molecule is COc1cc(C)c(SC)cc1-c1cc(C(=O)O)on1. The number of hydrogen-bond acceptors (Lipinski definition) is 5. The van der Waals surface area contributed by atoms with E-state index in [0.717, 1.165) is 10.5 Å². The minimum Gasteiger partial charge on any atom is -0.496 e. The summed E-state index contributed by atoms with van der Waals surface area (Å²) < 4.78 is 10.1. The van der Waals surface area contributed by atoms with Crippen LogP contribution in [0.5, 0.6) is 5.75 Å². The van der Waals surface area contributed by atoms with Crippen molar-refractivity contribution >= 4 is 17.7 Å². The number of benzene rings is 1. The summed E-state index contributed by atoms with van der Waals surface area (Å²) in [6, 6.07) is 5.21. The lowest BCUT2D eigenvalue weighted by atomic mass is 10.1. The fourth-order valence-electron chi connectivity index (χ4n) is 1.75. The van der Waals surface area contributed by atoms with Gasteiger partial charge < -0.3 is 14.4 Å². The molecule has 6 heteroatoms. The highest BCUT2D eigenvalue weighted by Gasteiger charge is 2.16. The van der Waals surface area contributed by atoms with Gasteiger partial charge in [-0.25, -0.2) is 4.79 Å². The van der Waals surface area contributed by atoms with Crippen molar-refractivity contribution in [2.45, 2.75) is 11.8 Å². The number of carboxylic acid groups (broad SMARTS) is 1. The lowest BCUT2D eigenvalue weighted by Crippen LogP contribution is -1.92. The van der Waals surface area contributed by atoms with E-state index < -0.39 is 5.97 Å². The van der Waals surface area contributed by atoms with Crippen LogP contribution in [-0.4, -0.2) is 29.6 Å². The van der Waals surface area contributed by atoms with Crippen molar-refractivity contribution in [1.29, 1.82) is 0 Å². The van der Waals surface area contributed by atoms with Gasteiger partial charge in [-0.15, -0.1) is 11.8 Å². The maximum absolute atomic E-state index is 10.8. The maximum Gasteiger partial charge on any atom is 0.374 e. The summed E-state index contributed by atoms with van der Waals surface area (Å²) in [5.74, 6) is -0.696. The van der Waals surface area contributed by atoms with E-state index in [1.807, 2.05) is 25.3 Å². The molecule has 0 amide bonds. The van der Waals surface area contributed by atoms with Gasteiger partial charge in [0.05, 0.1) is 7.11 Å². The number of aromatic nitrogens is 1. The zero-order valence-electron chi connectivity index (χ0n) is 10.8. The van der Waals surface area contributed by atoms with Crippen LogP contribution in [0.15, 0.2) is 27.6 Å². The van der Waals surface area contributed by atoms with Crippen LogP contribution in [0.2, 0.25) is 0 Å². The predicted octanol–water partition coefficient (Wildman–Crippen LogP) is 3.08. The standard InChI is InChI=1S/C13H13NO4S/c1-7-4-10(17-2)8(5-12(7)19-3)9-6-11(13(15)16)18-14-9/h4-6H,1-3H3,(H,15,16). The van der Waals surface area contributed by atoms with E-state index in [-0.39, 0.29) is 5.76 Å². The second-order valence-electron chi connectivity index (χ2n) is 3.90. The lowest BCUT2D eigenvalue weighted by Gasteiger charge is -2.10. The molecule has 19 heavy (non-hydrogen) atoms. The number of aryl methyl sites for hydroxylation is 1. The van der Waals surface area contributed by atoms with Crippen LogP contribution in [0.1, 0.15) is 16.1 Å². The van der Waals surface area contributed by atoms with Crippen LogP contribution in [-0.2, 0) is 0 Å². The molecule has 1 N–H and O–H groups in total. The first kappa shape index (κ1) is 13.5. The highest BCUT2D eigenvalue weighted by Crippen LogP contribution is 2.35. The summed E-state index contributed by atoms with van der Waals surface area (Å²) in [6.45, 7) is 1.99. The lowest BCUT2D eigenvalue weighted by molar-refractivity contribution is 0.0652. The number of nitrogens with zero attached hydrogens (tertiary/aromatic N) is 1. The van der Waals surface area contributed by atoms with E-state index in [0.29, 0.717) is 17.0 Å². The van der Waals surface area contributed by atoms with Crippen molar-refractivity contribution in [1.82, 2.24) is 5.16 Å². The molecule has 0 aliphatic carbocycles. The molecule has 2 rings (SSSR count). The number of ether oxygens (including phenoxy) is 1. The van der Waals surface area contributed by atoms with Crippen molar-refractivity contribution in [3.8, 4) is 17.0 Å². The van der Waals surface area contributed by atoms with Crippen molar-refractivity contribution in [3.05, 3.63) is 29.5 Å². The number of methoxy groups -OCH3 is 1. The maximum atomic E-state index is 10.8. The molecule has 0 fully saturated rings. The first-order chi connectivity index (χ1) is 9.06. The molecule has 1 aromatic carbocycles. The Bertz CT molecular complexity index is 621. The number of carboxylic acids is 1. The topological polar surface area (TPSA) is 72.6 Å². The Morgan fingerprint density at radius 1 is 1.42 bits per heavy atom. The van der Waals surface area contributed by atoms with E-state index in [2.05, 4.69) is 5.16 Å². The molecule has 0 radical (unpaired) electrons. The molecule has 0 atom stereocenters. The first-order valence-corrected chi connectivity index (χ1v) is 6.72. The van der Waals surface area contributed by atoms with Gasteiger partial charge in [-0.05, 0) is 30.9 Å². The van der Waals surface area contributed by atoms with Crippen LogP contribution >= 0.6 is 11.8 Å². The molecule has 0 aliphatic rings. The van der Waals surface area contributed by atoms with Gasteiger partial charge in [0, 0.05) is 16.5 Å². The molecule has 1 aromatic heterocycles. The monoisotopic (exact) mass is 279 g/mol. The number of aromatic carboxylic acids is 1. The van der Waals surface area contributed by atoms with Crippen molar-refractivity contribution < 1.29 is 19.2 Å². The highest BCUT2D eigenvalue weighted by atomic mass is 32.2. The average Bonchev–Trinajstić information content (AvgIpc) is 2.88. The van der Waals surface area contributed by atoms with Crippen LogP contribution in [0, 0.1) is 6.92 Å². The molecule has 2 aromatic rings. The Hall–Kier alpha value is -1.95. The fraction of sp³-hybridized carbons (Fsp3) is 0.231. The number of rotatable bonds is 4. The van der Waals surface area contributed by atoms with E-state index in [4.69, 9.17) is 14.4 Å². The molecule has 0 saturated heterocycles. The fourth-order valence-corrected chi connectivity index (χ4v) is 2.37. The van der Waals surface area contributed by atoms with Crippen LogP contribution in [0.25, 0.3) is 11.3 Å². The third-order valence-electron chi connectivity index (χ3n) is 2.71. The van der Waals surface area contributed by atoms with Gasteiger partial charge >= 0.3 is 5.97 Å². The summed E-state index contributed by atoms with van der Waals surface area (Å²) in [5.41, 5.74) is 2.26. The molecule has 0 saturated carbocycles. The number of thioether (sulfide) groups is 1. The van der Waals surface area contributed by atoms with E-state index in [1.54, 1.807) is 18.9 Å². The van der Waals surface area contributed by atoms with Crippen molar-refractivity contribution in [2.75, 3.05) is 13.4 Å². The van der Waals surface area contributed by atoms with E-state index >= 15 is 0 Å². The first-order valence-electron chi connectivity index (χ1n) is 5.49. The molecule has 0 aliphatic heterocycles. The molecule has 0 bridgehead atoms. The molecule has 0 spiro atoms. The molecule has 0 unspecified atom stereocenters. The van der Waals surface area contributed by atoms with Gasteiger partial charge in [0.1, 0.15) is 11.4 Å². The Balaban J connectivity index is 2.55. The Morgan fingerprint density at radius 3 is 2.68 bits per heavy atom. The third kappa shape index (κ3) is 2.58. The Morgan fingerprint density at radius 2 is 2.16 bits per heavy atom. The summed E-state index contributed by atoms with van der Waals surface area (Å²) in [7, 11) is 1.56. The number of carbonyl (C=O) groups is 1. The van der Waals surface area contributed by atoms with Gasteiger partial charge in [0.25, 0.3) is 0 Å². The molecule has 5 nitrogen and oxygen atoms in total.